The van der Waals surface area contributed by atoms with Gasteiger partial charge in [0.25, 0.3) is 0 Å². The average molecular weight is 244 g/mol. The first-order chi connectivity index (χ1) is 7.56. The number of amides is 1. The fourth-order valence-corrected chi connectivity index (χ4v) is 3.28. The van der Waals surface area contributed by atoms with Crippen molar-refractivity contribution < 1.29 is 4.79 Å². The van der Waals surface area contributed by atoms with Crippen LogP contribution in [-0.2, 0) is 4.79 Å². The molecule has 3 atom stereocenters. The molecule has 1 rings (SSSR count). The maximum Gasteiger partial charge on any atom is 0.237 e. The van der Waals surface area contributed by atoms with Gasteiger partial charge in [-0.25, -0.2) is 0 Å². The van der Waals surface area contributed by atoms with Crippen molar-refractivity contribution in [2.24, 2.45) is 11.7 Å². The van der Waals surface area contributed by atoms with E-state index in [0.29, 0.717) is 11.3 Å². The molecule has 1 fully saturated rings. The predicted octanol–water partition coefficient (Wildman–Crippen LogP) is 1.76. The molecule has 4 heteroatoms. The van der Waals surface area contributed by atoms with Gasteiger partial charge >= 0.3 is 0 Å². The topological polar surface area (TPSA) is 55.1 Å². The zero-order chi connectivity index (χ0) is 12.1. The summed E-state index contributed by atoms with van der Waals surface area (Å²) in [5, 5.41) is 3.70. The molecule has 1 saturated carbocycles. The minimum Gasteiger partial charge on any atom is -0.351 e. The van der Waals surface area contributed by atoms with Crippen LogP contribution in [0.15, 0.2) is 0 Å². The van der Waals surface area contributed by atoms with Crippen LogP contribution in [0, 0.1) is 5.92 Å². The molecule has 94 valence electrons. The molecule has 1 amide bonds. The number of carbonyl (C=O) groups is 1. The lowest BCUT2D eigenvalue weighted by molar-refractivity contribution is -0.123. The quantitative estimate of drug-likeness (QED) is 0.775. The molecule has 1 aliphatic rings. The van der Waals surface area contributed by atoms with Gasteiger partial charge in [0.1, 0.15) is 0 Å². The Morgan fingerprint density at radius 1 is 1.50 bits per heavy atom. The SMILES string of the molecule is CCSC1CCCC1NC(=O)[C@H](N)C(C)C. The van der Waals surface area contributed by atoms with E-state index in [1.807, 2.05) is 25.6 Å². The van der Waals surface area contributed by atoms with Gasteiger partial charge in [-0.1, -0.05) is 27.2 Å². The van der Waals surface area contributed by atoms with Gasteiger partial charge in [-0.15, -0.1) is 0 Å². The summed E-state index contributed by atoms with van der Waals surface area (Å²) in [5.41, 5.74) is 5.84. The Bertz CT molecular complexity index is 233. The molecule has 0 aromatic rings. The van der Waals surface area contributed by atoms with Gasteiger partial charge in [0.05, 0.1) is 6.04 Å². The summed E-state index contributed by atoms with van der Waals surface area (Å²) in [6, 6.07) is -0.0323. The highest BCUT2D eigenvalue weighted by Gasteiger charge is 2.30. The Morgan fingerprint density at radius 2 is 2.19 bits per heavy atom. The van der Waals surface area contributed by atoms with Crippen LogP contribution in [0.1, 0.15) is 40.0 Å². The lowest BCUT2D eigenvalue weighted by Gasteiger charge is -2.23. The second-order valence-corrected chi connectivity index (χ2v) is 6.33. The highest BCUT2D eigenvalue weighted by Crippen LogP contribution is 2.29. The van der Waals surface area contributed by atoms with Crippen molar-refractivity contribution in [3.8, 4) is 0 Å². The average Bonchev–Trinajstić information content (AvgIpc) is 2.65. The van der Waals surface area contributed by atoms with Gasteiger partial charge in [-0.3, -0.25) is 4.79 Å². The van der Waals surface area contributed by atoms with E-state index < -0.39 is 0 Å². The standard InChI is InChI=1S/C12H24N2OS/c1-4-16-10-7-5-6-9(10)14-12(15)11(13)8(2)3/h8-11H,4-7,13H2,1-3H3,(H,14,15)/t9?,10?,11-/m1/s1. The predicted molar refractivity (Wildman–Crippen MR) is 70.5 cm³/mol. The third-order valence-electron chi connectivity index (χ3n) is 3.18. The second-order valence-electron chi connectivity index (χ2n) is 4.81. The van der Waals surface area contributed by atoms with Crippen LogP contribution in [0.3, 0.4) is 0 Å². The van der Waals surface area contributed by atoms with E-state index in [1.54, 1.807) is 0 Å². The van der Waals surface area contributed by atoms with E-state index in [9.17, 15) is 4.79 Å². The number of thioether (sulfide) groups is 1. The second kappa shape index (κ2) is 6.50. The highest BCUT2D eigenvalue weighted by atomic mass is 32.2. The molecule has 3 nitrogen and oxygen atoms in total. The van der Waals surface area contributed by atoms with Crippen molar-refractivity contribution in [1.29, 1.82) is 0 Å². The molecule has 0 heterocycles. The fourth-order valence-electron chi connectivity index (χ4n) is 2.09. The van der Waals surface area contributed by atoms with Gasteiger partial charge < -0.3 is 11.1 Å². The van der Waals surface area contributed by atoms with Crippen molar-refractivity contribution >= 4 is 17.7 Å². The molecule has 1 aliphatic carbocycles. The van der Waals surface area contributed by atoms with Crippen LogP contribution in [0.4, 0.5) is 0 Å². The lowest BCUT2D eigenvalue weighted by atomic mass is 10.0. The number of hydrogen-bond donors (Lipinski definition) is 2. The van der Waals surface area contributed by atoms with Gasteiger partial charge in [-0.2, -0.15) is 11.8 Å². The number of carbonyl (C=O) groups excluding carboxylic acids is 1. The molecule has 0 aromatic heterocycles. The first-order valence-corrected chi connectivity index (χ1v) is 7.28. The van der Waals surface area contributed by atoms with Crippen LogP contribution in [0.25, 0.3) is 0 Å². The summed E-state index contributed by atoms with van der Waals surface area (Å²) < 4.78 is 0. The van der Waals surface area contributed by atoms with Crippen LogP contribution in [-0.4, -0.2) is 29.0 Å². The molecule has 3 N–H and O–H groups in total. The molecule has 0 saturated heterocycles. The summed E-state index contributed by atoms with van der Waals surface area (Å²) in [6.07, 6.45) is 3.55. The lowest BCUT2D eigenvalue weighted by Crippen LogP contribution is -2.49. The minimum atomic E-state index is -0.368. The third kappa shape index (κ3) is 3.67. The van der Waals surface area contributed by atoms with E-state index >= 15 is 0 Å². The maximum atomic E-state index is 11.8. The van der Waals surface area contributed by atoms with E-state index in [2.05, 4.69) is 12.2 Å². The zero-order valence-electron chi connectivity index (χ0n) is 10.5. The van der Waals surface area contributed by atoms with E-state index in [1.165, 1.54) is 12.8 Å². The summed E-state index contributed by atoms with van der Waals surface area (Å²) in [7, 11) is 0. The Labute approximate surface area is 103 Å². The molecule has 0 spiro atoms. The van der Waals surface area contributed by atoms with Crippen LogP contribution in [0.5, 0.6) is 0 Å². The normalized spacial score (nSPS) is 27.1. The largest absolute Gasteiger partial charge is 0.351 e. The van der Waals surface area contributed by atoms with E-state index in [-0.39, 0.29) is 17.9 Å². The van der Waals surface area contributed by atoms with Crippen molar-refractivity contribution in [2.75, 3.05) is 5.75 Å². The summed E-state index contributed by atoms with van der Waals surface area (Å²) in [5.74, 6) is 1.34. The first kappa shape index (κ1) is 13.8. The zero-order valence-corrected chi connectivity index (χ0v) is 11.3. The number of nitrogens with one attached hydrogen (secondary N) is 1. The molecule has 0 aromatic carbocycles. The van der Waals surface area contributed by atoms with Crippen molar-refractivity contribution in [3.05, 3.63) is 0 Å². The summed E-state index contributed by atoms with van der Waals surface area (Å²) in [6.45, 7) is 6.13. The molecule has 0 aliphatic heterocycles. The molecular formula is C12H24N2OS. The number of hydrogen-bond acceptors (Lipinski definition) is 3. The van der Waals surface area contributed by atoms with E-state index in [4.69, 9.17) is 5.73 Å². The Hall–Kier alpha value is -0.220. The molecular weight excluding hydrogens is 220 g/mol. The van der Waals surface area contributed by atoms with Gasteiger partial charge in [0.15, 0.2) is 0 Å². The Balaban J connectivity index is 2.43. The highest BCUT2D eigenvalue weighted by molar-refractivity contribution is 7.99. The molecule has 2 unspecified atom stereocenters. The van der Waals surface area contributed by atoms with Crippen molar-refractivity contribution in [3.63, 3.8) is 0 Å². The van der Waals surface area contributed by atoms with Gasteiger partial charge in [-0.05, 0) is 24.5 Å². The smallest absolute Gasteiger partial charge is 0.237 e. The number of nitrogens with two attached hydrogens (primary N) is 1. The third-order valence-corrected chi connectivity index (χ3v) is 4.51. The molecule has 0 bridgehead atoms. The van der Waals surface area contributed by atoms with Gasteiger partial charge in [0.2, 0.25) is 5.91 Å². The Morgan fingerprint density at radius 3 is 2.75 bits per heavy atom. The fraction of sp³-hybridized carbons (Fsp3) is 0.917. The minimum absolute atomic E-state index is 0.0172. The summed E-state index contributed by atoms with van der Waals surface area (Å²) in [4.78, 5) is 11.8. The maximum absolute atomic E-state index is 11.8. The molecule has 16 heavy (non-hydrogen) atoms. The monoisotopic (exact) mass is 244 g/mol. The van der Waals surface area contributed by atoms with Crippen LogP contribution in [0.2, 0.25) is 0 Å². The molecule has 0 radical (unpaired) electrons. The first-order valence-electron chi connectivity index (χ1n) is 6.23. The Kier molecular flexibility index (Phi) is 5.62. The van der Waals surface area contributed by atoms with Crippen LogP contribution < -0.4 is 11.1 Å². The van der Waals surface area contributed by atoms with Crippen molar-refractivity contribution in [1.82, 2.24) is 5.32 Å². The van der Waals surface area contributed by atoms with Gasteiger partial charge in [0, 0.05) is 11.3 Å². The van der Waals surface area contributed by atoms with Crippen LogP contribution >= 0.6 is 11.8 Å². The van der Waals surface area contributed by atoms with E-state index in [0.717, 1.165) is 12.2 Å². The number of rotatable bonds is 5. The van der Waals surface area contributed by atoms with Crippen molar-refractivity contribution in [2.45, 2.75) is 57.4 Å². The summed E-state index contributed by atoms with van der Waals surface area (Å²) >= 11 is 1.95.